The predicted molar refractivity (Wildman–Crippen MR) is 74.0 cm³/mol. The Morgan fingerprint density at radius 1 is 1.38 bits per heavy atom. The molecule has 1 unspecified atom stereocenters. The van der Waals surface area contributed by atoms with Crippen molar-refractivity contribution >= 4 is 18.0 Å². The minimum Gasteiger partial charge on any atom is -0.454 e. The van der Waals surface area contributed by atoms with Gasteiger partial charge >= 0.3 is 0 Å². The van der Waals surface area contributed by atoms with Crippen molar-refractivity contribution in [3.05, 3.63) is 23.8 Å². The van der Waals surface area contributed by atoms with Crippen LogP contribution in [0.25, 0.3) is 0 Å². The van der Waals surface area contributed by atoms with E-state index in [0.717, 1.165) is 12.0 Å². The highest BCUT2D eigenvalue weighted by Gasteiger charge is 2.28. The zero-order valence-corrected chi connectivity index (χ0v) is 11.3. The second-order valence-electron chi connectivity index (χ2n) is 4.83. The zero-order chi connectivity index (χ0) is 14.7. The summed E-state index contributed by atoms with van der Waals surface area (Å²) in [4.78, 5) is 23.4. The molecule has 0 radical (unpaired) electrons. The quantitative estimate of drug-likeness (QED) is 0.478. The van der Waals surface area contributed by atoms with E-state index in [2.05, 4.69) is 15.8 Å². The van der Waals surface area contributed by atoms with Gasteiger partial charge in [0.1, 0.15) is 5.92 Å². The van der Waals surface area contributed by atoms with Gasteiger partial charge in [0.15, 0.2) is 11.5 Å². The fourth-order valence-electron chi connectivity index (χ4n) is 2.26. The van der Waals surface area contributed by atoms with E-state index in [1.807, 2.05) is 0 Å². The highest BCUT2D eigenvalue weighted by Crippen LogP contribution is 2.31. The predicted octanol–water partition coefficient (Wildman–Crippen LogP) is 0.392. The van der Waals surface area contributed by atoms with E-state index in [-0.39, 0.29) is 18.6 Å². The lowest BCUT2D eigenvalue weighted by Crippen LogP contribution is -2.43. The Kier molecular flexibility index (Phi) is 3.72. The molecule has 2 aliphatic rings. The normalized spacial score (nSPS) is 20.4. The van der Waals surface area contributed by atoms with Crippen molar-refractivity contribution in [3.8, 4) is 11.5 Å². The smallest absolute Gasteiger partial charge is 0.252 e. The van der Waals surface area contributed by atoms with E-state index in [1.165, 1.54) is 6.21 Å². The summed E-state index contributed by atoms with van der Waals surface area (Å²) in [6.45, 7) is 0.840. The summed E-state index contributed by atoms with van der Waals surface area (Å²) in [5, 5.41) is 6.54. The Balaban J connectivity index is 1.59. The number of fused-ring (bicyclic) bond motifs is 1. The molecule has 0 saturated carbocycles. The van der Waals surface area contributed by atoms with Crippen molar-refractivity contribution in [2.75, 3.05) is 13.3 Å². The number of hydrazone groups is 1. The molecule has 2 amide bonds. The summed E-state index contributed by atoms with van der Waals surface area (Å²) in [6, 6.07) is 5.35. The molecule has 1 atom stereocenters. The number of carbonyl (C=O) groups excluding carboxylic acids is 2. The monoisotopic (exact) mass is 289 g/mol. The summed E-state index contributed by atoms with van der Waals surface area (Å²) >= 11 is 0. The van der Waals surface area contributed by atoms with Crippen molar-refractivity contribution in [2.24, 2.45) is 11.0 Å². The van der Waals surface area contributed by atoms with Crippen LogP contribution in [0, 0.1) is 5.92 Å². The highest BCUT2D eigenvalue weighted by molar-refractivity contribution is 6.00. The molecular formula is C14H15N3O4. The van der Waals surface area contributed by atoms with Gasteiger partial charge in [0.2, 0.25) is 12.7 Å². The third-order valence-corrected chi connectivity index (χ3v) is 3.39. The first-order valence-corrected chi connectivity index (χ1v) is 6.74. The number of amides is 2. The van der Waals surface area contributed by atoms with Crippen LogP contribution in [0.5, 0.6) is 11.5 Å². The summed E-state index contributed by atoms with van der Waals surface area (Å²) in [6.07, 6.45) is 2.85. The Bertz CT molecular complexity index is 600. The van der Waals surface area contributed by atoms with E-state index in [0.29, 0.717) is 24.5 Å². The first kappa shape index (κ1) is 13.4. The van der Waals surface area contributed by atoms with Crippen molar-refractivity contribution in [2.45, 2.75) is 12.8 Å². The minimum atomic E-state index is -0.660. The number of benzene rings is 1. The number of nitrogens with zero attached hydrogens (tertiary/aromatic N) is 1. The van der Waals surface area contributed by atoms with Crippen LogP contribution in [0.1, 0.15) is 18.4 Å². The molecule has 2 heterocycles. The van der Waals surface area contributed by atoms with E-state index in [1.54, 1.807) is 18.2 Å². The molecule has 0 spiro atoms. The van der Waals surface area contributed by atoms with Gasteiger partial charge in [-0.15, -0.1) is 0 Å². The van der Waals surface area contributed by atoms with Crippen LogP contribution in [0.2, 0.25) is 0 Å². The number of hydrogen-bond acceptors (Lipinski definition) is 5. The SMILES string of the molecule is O=C1NCCCC1C(=O)N/N=C\c1ccc2c(c1)OCO2. The lowest BCUT2D eigenvalue weighted by molar-refractivity contribution is -0.136. The van der Waals surface area contributed by atoms with E-state index >= 15 is 0 Å². The van der Waals surface area contributed by atoms with E-state index < -0.39 is 5.92 Å². The number of nitrogens with one attached hydrogen (secondary N) is 2. The average Bonchev–Trinajstić information content (AvgIpc) is 2.95. The van der Waals surface area contributed by atoms with E-state index in [9.17, 15) is 9.59 Å². The molecule has 1 aromatic carbocycles. The van der Waals surface area contributed by atoms with Crippen LogP contribution < -0.4 is 20.2 Å². The second kappa shape index (κ2) is 5.82. The molecule has 1 saturated heterocycles. The van der Waals surface area contributed by atoms with Crippen molar-refractivity contribution in [1.82, 2.24) is 10.7 Å². The van der Waals surface area contributed by atoms with Gasteiger partial charge in [0.05, 0.1) is 6.21 Å². The Morgan fingerprint density at radius 2 is 2.24 bits per heavy atom. The summed E-state index contributed by atoms with van der Waals surface area (Å²) < 4.78 is 10.5. The molecule has 110 valence electrons. The minimum absolute atomic E-state index is 0.212. The first-order valence-electron chi connectivity index (χ1n) is 6.74. The molecule has 1 fully saturated rings. The first-order chi connectivity index (χ1) is 10.2. The molecule has 0 bridgehead atoms. The molecule has 1 aromatic rings. The fourth-order valence-corrected chi connectivity index (χ4v) is 2.26. The maximum atomic E-state index is 11.9. The van der Waals surface area contributed by atoms with Gasteiger partial charge in [-0.25, -0.2) is 5.43 Å². The van der Waals surface area contributed by atoms with Crippen molar-refractivity contribution in [3.63, 3.8) is 0 Å². The maximum absolute atomic E-state index is 11.9. The largest absolute Gasteiger partial charge is 0.454 e. The third-order valence-electron chi connectivity index (χ3n) is 3.39. The fraction of sp³-hybridized carbons (Fsp3) is 0.357. The number of rotatable bonds is 3. The number of carbonyl (C=O) groups is 2. The van der Waals surface area contributed by atoms with E-state index in [4.69, 9.17) is 9.47 Å². The Morgan fingerprint density at radius 3 is 3.10 bits per heavy atom. The van der Waals surface area contributed by atoms with Crippen LogP contribution in [0.15, 0.2) is 23.3 Å². The second-order valence-corrected chi connectivity index (χ2v) is 4.83. The zero-order valence-electron chi connectivity index (χ0n) is 11.3. The van der Waals surface area contributed by atoms with Crippen LogP contribution in [0.4, 0.5) is 0 Å². The standard InChI is InChI=1S/C14H15N3O4/c18-13-10(2-1-5-15-13)14(19)17-16-7-9-3-4-11-12(6-9)21-8-20-11/h3-4,6-7,10H,1-2,5,8H2,(H,15,18)(H,17,19)/b16-7-. The van der Waals surface area contributed by atoms with Gasteiger partial charge in [-0.3, -0.25) is 9.59 Å². The van der Waals surface area contributed by atoms with Crippen LogP contribution in [-0.2, 0) is 9.59 Å². The lowest BCUT2D eigenvalue weighted by atomic mass is 9.98. The van der Waals surface area contributed by atoms with Gasteiger partial charge in [-0.1, -0.05) is 0 Å². The van der Waals surface area contributed by atoms with Gasteiger partial charge in [0.25, 0.3) is 5.91 Å². The molecule has 7 heteroatoms. The molecule has 21 heavy (non-hydrogen) atoms. The van der Waals surface area contributed by atoms with Crippen LogP contribution >= 0.6 is 0 Å². The maximum Gasteiger partial charge on any atom is 0.252 e. The lowest BCUT2D eigenvalue weighted by Gasteiger charge is -2.19. The van der Waals surface area contributed by atoms with Gasteiger partial charge in [0, 0.05) is 6.54 Å². The molecule has 3 rings (SSSR count). The molecule has 7 nitrogen and oxygen atoms in total. The molecule has 0 aliphatic carbocycles. The third kappa shape index (κ3) is 2.96. The van der Waals surface area contributed by atoms with Crippen molar-refractivity contribution in [1.29, 1.82) is 0 Å². The average molecular weight is 289 g/mol. The van der Waals surface area contributed by atoms with Gasteiger partial charge in [-0.05, 0) is 36.6 Å². The molecule has 2 aliphatic heterocycles. The highest BCUT2D eigenvalue weighted by atomic mass is 16.7. The number of piperidine rings is 1. The molecular weight excluding hydrogens is 274 g/mol. The summed E-state index contributed by atoms with van der Waals surface area (Å²) in [5.41, 5.74) is 3.17. The summed E-state index contributed by atoms with van der Waals surface area (Å²) in [5.74, 6) is 0.0564. The van der Waals surface area contributed by atoms with Crippen LogP contribution in [0.3, 0.4) is 0 Å². The van der Waals surface area contributed by atoms with Gasteiger partial charge < -0.3 is 14.8 Å². The number of hydrogen-bond donors (Lipinski definition) is 2. The number of ether oxygens (including phenoxy) is 2. The Labute approximate surface area is 121 Å². The van der Waals surface area contributed by atoms with Gasteiger partial charge in [-0.2, -0.15) is 5.10 Å². The Hall–Kier alpha value is -2.57. The van der Waals surface area contributed by atoms with Crippen molar-refractivity contribution < 1.29 is 19.1 Å². The summed E-state index contributed by atoms with van der Waals surface area (Å²) in [7, 11) is 0. The topological polar surface area (TPSA) is 89.0 Å². The molecule has 0 aromatic heterocycles. The van der Waals surface area contributed by atoms with Crippen LogP contribution in [-0.4, -0.2) is 31.4 Å². The molecule has 2 N–H and O–H groups in total.